The second kappa shape index (κ2) is 14.8. The van der Waals surface area contributed by atoms with Crippen LogP contribution in [0.25, 0.3) is 0 Å². The number of nitrogens with zero attached hydrogens (tertiary/aromatic N) is 2. The molecule has 4 heterocycles. The molecule has 10 nitrogen and oxygen atoms in total. The Labute approximate surface area is 281 Å². The number of hydrogen-bond donors (Lipinski definition) is 5. The van der Waals surface area contributed by atoms with Crippen LogP contribution in [0.1, 0.15) is 80.0 Å². The van der Waals surface area contributed by atoms with Crippen LogP contribution in [0.15, 0.2) is 64.4 Å². The van der Waals surface area contributed by atoms with Gasteiger partial charge in [0, 0.05) is 43.8 Å². The van der Waals surface area contributed by atoms with Gasteiger partial charge in [0.2, 0.25) is 0 Å². The van der Waals surface area contributed by atoms with E-state index in [1.807, 2.05) is 49.7 Å². The van der Waals surface area contributed by atoms with E-state index < -0.39 is 36.6 Å². The van der Waals surface area contributed by atoms with Crippen LogP contribution in [0.5, 0.6) is 11.5 Å². The Kier molecular flexibility index (Phi) is 10.3. The van der Waals surface area contributed by atoms with Crippen molar-refractivity contribution in [2.75, 3.05) is 6.54 Å². The molecule has 5 unspecified atom stereocenters. The van der Waals surface area contributed by atoms with E-state index in [9.17, 15) is 20.1 Å². The quantitative estimate of drug-likeness (QED) is 0.192. The van der Waals surface area contributed by atoms with Crippen molar-refractivity contribution in [2.45, 2.75) is 89.0 Å². The van der Waals surface area contributed by atoms with Crippen LogP contribution in [-0.4, -0.2) is 57.2 Å². The summed E-state index contributed by atoms with van der Waals surface area (Å²) in [6.07, 6.45) is 6.04. The Morgan fingerprint density at radius 2 is 1.98 bits per heavy atom. The number of allylic oxidation sites excluding steroid dienone is 1. The molecule has 0 aromatic heterocycles. The molecule has 2 aromatic rings. The van der Waals surface area contributed by atoms with Crippen molar-refractivity contribution >= 4 is 12.0 Å². The first-order valence-electron chi connectivity index (χ1n) is 16.6. The number of aliphatic imine (C=N–C) groups is 1. The van der Waals surface area contributed by atoms with Gasteiger partial charge in [-0.25, -0.2) is 0 Å². The molecule has 48 heavy (non-hydrogen) atoms. The molecule has 4 aliphatic heterocycles. The van der Waals surface area contributed by atoms with Gasteiger partial charge in [-0.1, -0.05) is 55.4 Å². The highest BCUT2D eigenvalue weighted by Crippen LogP contribution is 2.38. The number of nitrogens with two attached hydrogens (primary N) is 2. The lowest BCUT2D eigenvalue weighted by Gasteiger charge is -2.32. The maximum atomic E-state index is 12.7. The second-order valence-electron chi connectivity index (χ2n) is 12.9. The fourth-order valence-electron chi connectivity index (χ4n) is 6.54. The Morgan fingerprint density at radius 1 is 1.12 bits per heavy atom. The van der Waals surface area contributed by atoms with Gasteiger partial charge in [0.05, 0.1) is 30.0 Å². The molecule has 6 rings (SSSR count). The molecule has 0 amide bonds. The molecule has 2 bridgehead atoms. The summed E-state index contributed by atoms with van der Waals surface area (Å²) >= 11 is 0. The molecule has 0 saturated heterocycles. The number of ether oxygens (including phenoxy) is 2. The zero-order chi connectivity index (χ0) is 33.8. The van der Waals surface area contributed by atoms with Crippen LogP contribution in [0.2, 0.25) is 0 Å². The number of Topliss-reactive ketones (excluding diaryl/α,β-unsaturated/α-hetero) is 1. The van der Waals surface area contributed by atoms with Gasteiger partial charge in [0.25, 0.3) is 0 Å². The lowest BCUT2D eigenvalue weighted by atomic mass is 9.92. The number of ketones is 1. The standard InChI is InChI=1S/C38H42N4O6/c1-2-4-28(43)18-30(45)19-29(44)10-6-23-7-13-35-36(15-23)48-38-24(5-3-14-47-35)9-12-34(46)31-11-8-25(37(39)40)16-26(31)17-27-20-41-33-22-42(38)21-32(27)33/h7-8,11,13,15-16,20,22,24,28,30,34,37-38,43,45-46H,2,4-6,10,17-19,21,39-40H2,1H3. The number of benzene rings is 2. The van der Waals surface area contributed by atoms with Crippen LogP contribution in [0, 0.1) is 29.8 Å². The molecular weight excluding hydrogens is 608 g/mol. The molecule has 10 heteroatoms. The largest absolute Gasteiger partial charge is 0.465 e. The lowest BCUT2D eigenvalue weighted by Crippen LogP contribution is -2.41. The Bertz CT molecular complexity index is 1770. The fourth-order valence-corrected chi connectivity index (χ4v) is 6.54. The zero-order valence-corrected chi connectivity index (χ0v) is 27.1. The van der Waals surface area contributed by atoms with Crippen molar-refractivity contribution in [3.05, 3.63) is 81.7 Å². The predicted octanol–water partition coefficient (Wildman–Crippen LogP) is 3.30. The predicted molar refractivity (Wildman–Crippen MR) is 181 cm³/mol. The van der Waals surface area contributed by atoms with Crippen molar-refractivity contribution in [1.82, 2.24) is 4.90 Å². The Morgan fingerprint density at radius 3 is 2.79 bits per heavy atom. The number of carbonyl (C=O) groups is 1. The first-order valence-corrected chi connectivity index (χ1v) is 16.6. The highest BCUT2D eigenvalue weighted by molar-refractivity contribution is 5.87. The normalized spacial score (nSPS) is 21.9. The molecule has 0 spiro atoms. The molecule has 250 valence electrons. The molecule has 0 fully saturated rings. The average molecular weight is 651 g/mol. The van der Waals surface area contributed by atoms with Gasteiger partial charge < -0.3 is 41.2 Å². The summed E-state index contributed by atoms with van der Waals surface area (Å²) in [5, 5.41) is 31.6. The molecule has 0 aliphatic carbocycles. The number of carbonyl (C=O) groups excluding carboxylic acids is 1. The maximum Gasteiger partial charge on any atom is 0.187 e. The second-order valence-corrected chi connectivity index (χ2v) is 12.9. The molecule has 0 saturated carbocycles. The van der Waals surface area contributed by atoms with Crippen LogP contribution in [0.3, 0.4) is 0 Å². The third-order valence-corrected chi connectivity index (χ3v) is 9.12. The highest BCUT2D eigenvalue weighted by atomic mass is 16.5. The van der Waals surface area contributed by atoms with Gasteiger partial charge in [0.1, 0.15) is 18.0 Å². The van der Waals surface area contributed by atoms with E-state index >= 15 is 0 Å². The monoisotopic (exact) mass is 650 g/mol. The summed E-state index contributed by atoms with van der Waals surface area (Å²) in [6, 6.07) is 11.1. The lowest BCUT2D eigenvalue weighted by molar-refractivity contribution is -0.121. The van der Waals surface area contributed by atoms with Gasteiger partial charge in [-0.3, -0.25) is 9.79 Å². The van der Waals surface area contributed by atoms with E-state index in [1.165, 1.54) is 0 Å². The number of rotatable bonds is 10. The first kappa shape index (κ1) is 33.5. The third kappa shape index (κ3) is 7.65. The van der Waals surface area contributed by atoms with E-state index in [0.29, 0.717) is 49.3 Å². The van der Waals surface area contributed by atoms with E-state index in [0.717, 1.165) is 40.0 Å². The van der Waals surface area contributed by atoms with Crippen molar-refractivity contribution in [1.29, 1.82) is 0 Å². The molecule has 5 atom stereocenters. The summed E-state index contributed by atoms with van der Waals surface area (Å²) in [5.74, 6) is 9.82. The summed E-state index contributed by atoms with van der Waals surface area (Å²) < 4.78 is 12.5. The minimum absolute atomic E-state index is 0.00529. The van der Waals surface area contributed by atoms with Crippen molar-refractivity contribution < 1.29 is 29.6 Å². The molecule has 0 radical (unpaired) electrons. The van der Waals surface area contributed by atoms with Gasteiger partial charge in [-0.15, -0.1) is 0 Å². The van der Waals surface area contributed by atoms with Crippen molar-refractivity contribution in [3.8, 4) is 35.4 Å². The average Bonchev–Trinajstić information content (AvgIpc) is 3.65. The van der Waals surface area contributed by atoms with Crippen molar-refractivity contribution in [2.24, 2.45) is 22.4 Å². The molecule has 7 N–H and O–H groups in total. The minimum Gasteiger partial charge on any atom is -0.465 e. The minimum atomic E-state index is -1.06. The van der Waals surface area contributed by atoms with Gasteiger partial charge in [-0.2, -0.15) is 0 Å². The fraction of sp³-hybridized carbons (Fsp3) is 0.421. The number of aliphatic hydroxyl groups excluding tert-OH is 3. The smallest absolute Gasteiger partial charge is 0.187 e. The number of fused-ring (bicyclic) bond motifs is 5. The summed E-state index contributed by atoms with van der Waals surface area (Å²) in [4.78, 5) is 19.5. The van der Waals surface area contributed by atoms with E-state index in [1.54, 1.807) is 6.07 Å². The number of aryl methyl sites for hydroxylation is 1. The topological polar surface area (TPSA) is 164 Å². The Balaban J connectivity index is 1.27. The van der Waals surface area contributed by atoms with Gasteiger partial charge >= 0.3 is 0 Å². The molecule has 2 aromatic carbocycles. The van der Waals surface area contributed by atoms with Crippen LogP contribution >= 0.6 is 0 Å². The number of aliphatic hydroxyl groups is 3. The van der Waals surface area contributed by atoms with Gasteiger partial charge in [0.15, 0.2) is 17.7 Å². The van der Waals surface area contributed by atoms with Gasteiger partial charge in [-0.05, 0) is 65.6 Å². The molecule has 4 aliphatic rings. The first-order chi connectivity index (χ1) is 23.2. The van der Waals surface area contributed by atoms with E-state index in [4.69, 9.17) is 25.9 Å². The highest BCUT2D eigenvalue weighted by Gasteiger charge is 2.35. The molecular formula is C38H42N4O6. The summed E-state index contributed by atoms with van der Waals surface area (Å²) in [5.41, 5.74) is 18.1. The van der Waals surface area contributed by atoms with Crippen LogP contribution < -0.4 is 20.9 Å². The van der Waals surface area contributed by atoms with E-state index in [-0.39, 0.29) is 25.0 Å². The van der Waals surface area contributed by atoms with Crippen LogP contribution in [-0.2, 0) is 17.6 Å². The summed E-state index contributed by atoms with van der Waals surface area (Å²) in [6.45, 7) is 2.52. The SMILES string of the molecule is CCCC(O)CC(O)CC(=O)CCc1ccc2c(c1)OC1C(C#CC(O)c3ccc(C(N)N)cc3CC3=C4CN1C=C4N=C3)CC#CO2. The third-order valence-electron chi connectivity index (χ3n) is 9.12. The summed E-state index contributed by atoms with van der Waals surface area (Å²) in [7, 11) is 0. The van der Waals surface area contributed by atoms with E-state index in [2.05, 4.69) is 28.8 Å². The Hall–Kier alpha value is -4.42. The van der Waals surface area contributed by atoms with Crippen LogP contribution in [0.4, 0.5) is 0 Å². The maximum absolute atomic E-state index is 12.7. The zero-order valence-electron chi connectivity index (χ0n) is 27.1. The van der Waals surface area contributed by atoms with Crippen molar-refractivity contribution in [3.63, 3.8) is 0 Å². The number of hydrogen-bond acceptors (Lipinski definition) is 10.